The van der Waals surface area contributed by atoms with Crippen LogP contribution >= 0.6 is 11.3 Å². The van der Waals surface area contributed by atoms with Gasteiger partial charge < -0.3 is 10.5 Å². The van der Waals surface area contributed by atoms with Gasteiger partial charge in [0, 0.05) is 0 Å². The molecule has 1 heterocycles. The highest BCUT2D eigenvalue weighted by Gasteiger charge is 2.37. The lowest BCUT2D eigenvalue weighted by atomic mass is 9.82. The van der Waals surface area contributed by atoms with Crippen LogP contribution in [0.25, 0.3) is 0 Å². The lowest BCUT2D eigenvalue weighted by Crippen LogP contribution is -2.37. The van der Waals surface area contributed by atoms with E-state index in [2.05, 4.69) is 10.2 Å². The Hall–Kier alpha value is -0.890. The molecule has 0 radical (unpaired) electrons. The van der Waals surface area contributed by atoms with Gasteiger partial charge in [0.1, 0.15) is 6.10 Å². The van der Waals surface area contributed by atoms with E-state index in [-0.39, 0.29) is 11.3 Å². The van der Waals surface area contributed by atoms with Gasteiger partial charge in [-0.25, -0.2) is 0 Å². The van der Waals surface area contributed by atoms with Crippen molar-refractivity contribution < 1.29 is 17.9 Å². The quantitative estimate of drug-likeness (QED) is 0.890. The number of hydrogen-bond acceptors (Lipinski definition) is 5. The van der Waals surface area contributed by atoms with Crippen LogP contribution in [0, 0.1) is 5.92 Å². The molecule has 0 bridgehead atoms. The first-order valence-electron chi connectivity index (χ1n) is 4.76. The number of rotatable bonds is 3. The Morgan fingerprint density at radius 1 is 1.38 bits per heavy atom. The number of halogens is 3. The third-order valence-electron chi connectivity index (χ3n) is 2.44. The maximum atomic E-state index is 12.2. The Morgan fingerprint density at radius 2 is 2.06 bits per heavy atom. The van der Waals surface area contributed by atoms with Gasteiger partial charge >= 0.3 is 6.18 Å². The highest BCUT2D eigenvalue weighted by Crippen LogP contribution is 2.36. The first-order valence-corrected chi connectivity index (χ1v) is 5.58. The molecule has 1 saturated carbocycles. The second-order valence-electron chi connectivity index (χ2n) is 3.68. The zero-order chi connectivity index (χ0) is 11.8. The zero-order valence-corrected chi connectivity index (χ0v) is 9.01. The van der Waals surface area contributed by atoms with E-state index in [1.807, 2.05) is 0 Å². The van der Waals surface area contributed by atoms with Crippen LogP contribution < -0.4 is 10.5 Å². The smallest absolute Gasteiger partial charge is 0.445 e. The highest BCUT2D eigenvalue weighted by molar-refractivity contribution is 7.13. The Bertz CT molecular complexity index is 362. The standard InChI is InChI=1S/C8H10F3N3OS/c9-8(10,11)6-13-14-7(16-6)15-5-1-4(2-5)3-12/h4-5H,1-3,12H2. The number of nitrogens with zero attached hydrogens (tertiary/aromatic N) is 2. The van der Waals surface area contributed by atoms with E-state index in [0.717, 1.165) is 12.8 Å². The Balaban J connectivity index is 1.89. The van der Waals surface area contributed by atoms with Crippen molar-refractivity contribution in [2.45, 2.75) is 25.1 Å². The summed E-state index contributed by atoms with van der Waals surface area (Å²) in [4.78, 5) is 0. The van der Waals surface area contributed by atoms with E-state index in [4.69, 9.17) is 10.5 Å². The molecular weight excluding hydrogens is 243 g/mol. The largest absolute Gasteiger partial charge is 0.466 e. The fourth-order valence-electron chi connectivity index (χ4n) is 1.48. The second kappa shape index (κ2) is 4.17. The monoisotopic (exact) mass is 253 g/mol. The van der Waals surface area contributed by atoms with E-state index >= 15 is 0 Å². The molecule has 4 nitrogen and oxygen atoms in total. The number of aromatic nitrogens is 2. The molecule has 16 heavy (non-hydrogen) atoms. The average molecular weight is 253 g/mol. The van der Waals surface area contributed by atoms with Crippen molar-refractivity contribution in [1.82, 2.24) is 10.2 Å². The molecule has 0 spiro atoms. The number of nitrogens with two attached hydrogens (primary N) is 1. The molecule has 2 N–H and O–H groups in total. The van der Waals surface area contributed by atoms with Gasteiger partial charge in [0.2, 0.25) is 5.01 Å². The highest BCUT2D eigenvalue weighted by atomic mass is 32.1. The van der Waals surface area contributed by atoms with Crippen LogP contribution in [0.2, 0.25) is 0 Å². The number of ether oxygens (including phenoxy) is 1. The summed E-state index contributed by atoms with van der Waals surface area (Å²) in [7, 11) is 0. The molecule has 1 aromatic heterocycles. The molecule has 1 aromatic rings. The third kappa shape index (κ3) is 2.43. The fraction of sp³-hybridized carbons (Fsp3) is 0.750. The van der Waals surface area contributed by atoms with Gasteiger partial charge in [0.15, 0.2) is 0 Å². The van der Waals surface area contributed by atoms with Gasteiger partial charge in [-0.15, -0.1) is 5.10 Å². The maximum absolute atomic E-state index is 12.2. The molecule has 1 fully saturated rings. The first-order chi connectivity index (χ1) is 7.49. The Morgan fingerprint density at radius 3 is 2.56 bits per heavy atom. The van der Waals surface area contributed by atoms with Gasteiger partial charge in [-0.3, -0.25) is 0 Å². The van der Waals surface area contributed by atoms with Crippen LogP contribution in [0.1, 0.15) is 17.8 Å². The topological polar surface area (TPSA) is 61.0 Å². The maximum Gasteiger partial charge on any atom is 0.445 e. The van der Waals surface area contributed by atoms with E-state index in [9.17, 15) is 13.2 Å². The summed E-state index contributed by atoms with van der Waals surface area (Å²) >= 11 is 0.426. The molecule has 0 aliphatic heterocycles. The second-order valence-corrected chi connectivity index (χ2v) is 4.62. The van der Waals surface area contributed by atoms with Crippen molar-refractivity contribution >= 4 is 11.3 Å². The normalized spacial score (nSPS) is 25.2. The van der Waals surface area contributed by atoms with Crippen molar-refractivity contribution in [2.75, 3.05) is 6.54 Å². The molecule has 1 aliphatic carbocycles. The SMILES string of the molecule is NCC1CC(Oc2nnc(C(F)(F)F)s2)C1. The van der Waals surface area contributed by atoms with Crippen LogP contribution in [0.15, 0.2) is 0 Å². The van der Waals surface area contributed by atoms with E-state index < -0.39 is 11.2 Å². The minimum absolute atomic E-state index is 0.0206. The Labute approximate surface area is 93.6 Å². The molecule has 90 valence electrons. The van der Waals surface area contributed by atoms with Gasteiger partial charge in [-0.05, 0) is 25.3 Å². The third-order valence-corrected chi connectivity index (χ3v) is 3.30. The first kappa shape index (κ1) is 11.6. The molecule has 8 heteroatoms. The lowest BCUT2D eigenvalue weighted by molar-refractivity contribution is -0.138. The summed E-state index contributed by atoms with van der Waals surface area (Å²) < 4.78 is 41.8. The summed E-state index contributed by atoms with van der Waals surface area (Å²) in [5.41, 5.74) is 5.42. The van der Waals surface area contributed by atoms with Crippen LogP contribution in [0.5, 0.6) is 5.19 Å². The van der Waals surface area contributed by atoms with Crippen molar-refractivity contribution in [3.8, 4) is 5.19 Å². The van der Waals surface area contributed by atoms with Crippen LogP contribution in [-0.2, 0) is 6.18 Å². The summed E-state index contributed by atoms with van der Waals surface area (Å²) in [6.45, 7) is 0.587. The van der Waals surface area contributed by atoms with Crippen molar-refractivity contribution in [3.63, 3.8) is 0 Å². The summed E-state index contributed by atoms with van der Waals surface area (Å²) in [6, 6.07) is 0. The molecule has 0 saturated heterocycles. The van der Waals surface area contributed by atoms with E-state index in [0.29, 0.717) is 23.8 Å². The minimum Gasteiger partial charge on any atom is -0.466 e. The minimum atomic E-state index is -4.45. The van der Waals surface area contributed by atoms with Gasteiger partial charge in [0.25, 0.3) is 5.19 Å². The van der Waals surface area contributed by atoms with Gasteiger partial charge in [-0.2, -0.15) is 13.2 Å². The molecular formula is C8H10F3N3OS. The zero-order valence-electron chi connectivity index (χ0n) is 8.20. The molecule has 0 unspecified atom stereocenters. The predicted molar refractivity (Wildman–Crippen MR) is 51.1 cm³/mol. The van der Waals surface area contributed by atoms with Crippen molar-refractivity contribution in [2.24, 2.45) is 11.7 Å². The van der Waals surface area contributed by atoms with Crippen molar-refractivity contribution in [1.29, 1.82) is 0 Å². The van der Waals surface area contributed by atoms with Crippen LogP contribution in [-0.4, -0.2) is 22.8 Å². The Kier molecular flexibility index (Phi) is 3.02. The van der Waals surface area contributed by atoms with Gasteiger partial charge in [0.05, 0.1) is 0 Å². The molecule has 0 aromatic carbocycles. The molecule has 0 amide bonds. The lowest BCUT2D eigenvalue weighted by Gasteiger charge is -2.33. The average Bonchev–Trinajstić information content (AvgIpc) is 2.57. The van der Waals surface area contributed by atoms with Crippen LogP contribution in [0.3, 0.4) is 0 Å². The van der Waals surface area contributed by atoms with Gasteiger partial charge in [-0.1, -0.05) is 16.4 Å². The summed E-state index contributed by atoms with van der Waals surface area (Å²) in [6.07, 6.45) is -2.96. The molecule has 1 aliphatic rings. The van der Waals surface area contributed by atoms with E-state index in [1.165, 1.54) is 0 Å². The van der Waals surface area contributed by atoms with Crippen LogP contribution in [0.4, 0.5) is 13.2 Å². The number of alkyl halides is 3. The van der Waals surface area contributed by atoms with Crippen molar-refractivity contribution in [3.05, 3.63) is 5.01 Å². The molecule has 2 rings (SSSR count). The summed E-state index contributed by atoms with van der Waals surface area (Å²) in [5.74, 6) is 0.417. The van der Waals surface area contributed by atoms with E-state index in [1.54, 1.807) is 0 Å². The fourth-order valence-corrected chi connectivity index (χ4v) is 2.11. The summed E-state index contributed by atoms with van der Waals surface area (Å²) in [5, 5.41) is 5.39. The number of hydrogen-bond donors (Lipinski definition) is 1. The molecule has 0 atom stereocenters. The predicted octanol–water partition coefficient (Wildman–Crippen LogP) is 1.67.